The Morgan fingerprint density at radius 3 is 2.61 bits per heavy atom. The topological polar surface area (TPSA) is 52.3 Å². The molecule has 1 aromatic carbocycles. The molecule has 3 nitrogen and oxygen atoms in total. The molecule has 0 bridgehead atoms. The molecule has 18 heavy (non-hydrogen) atoms. The third-order valence-electron chi connectivity index (χ3n) is 3.12. The fourth-order valence-electron chi connectivity index (χ4n) is 2.36. The number of rotatable bonds is 3. The van der Waals surface area contributed by atoms with Crippen molar-refractivity contribution < 1.29 is 18.3 Å². The lowest BCUT2D eigenvalue weighted by Crippen LogP contribution is -2.52. The Morgan fingerprint density at radius 1 is 1.44 bits per heavy atom. The molecule has 0 radical (unpaired) electrons. The van der Waals surface area contributed by atoms with E-state index >= 15 is 0 Å². The van der Waals surface area contributed by atoms with E-state index in [0.29, 0.717) is 0 Å². The summed E-state index contributed by atoms with van der Waals surface area (Å²) >= 11 is 3.30. The van der Waals surface area contributed by atoms with E-state index in [-0.39, 0.29) is 19.4 Å². The lowest BCUT2D eigenvalue weighted by Gasteiger charge is -2.47. The minimum Gasteiger partial charge on any atom is -0.449 e. The number of carbonyl (C=O) groups is 1. The van der Waals surface area contributed by atoms with Gasteiger partial charge in [-0.1, -0.05) is 28.1 Å². The third kappa shape index (κ3) is 2.63. The molecule has 1 amide bonds. The van der Waals surface area contributed by atoms with E-state index in [0.717, 1.165) is 10.0 Å². The van der Waals surface area contributed by atoms with E-state index in [2.05, 4.69) is 15.9 Å². The summed E-state index contributed by atoms with van der Waals surface area (Å²) in [6, 6.07) is 7.09. The molecule has 1 saturated carbocycles. The average molecular weight is 320 g/mol. The minimum atomic E-state index is -2.71. The lowest BCUT2D eigenvalue weighted by molar-refractivity contribution is -0.139. The quantitative estimate of drug-likeness (QED) is 0.930. The molecule has 0 unspecified atom stereocenters. The van der Waals surface area contributed by atoms with Crippen LogP contribution in [0.3, 0.4) is 0 Å². The summed E-state index contributed by atoms with van der Waals surface area (Å²) in [7, 11) is 0. The molecular weight excluding hydrogens is 308 g/mol. The Morgan fingerprint density at radius 2 is 2.11 bits per heavy atom. The largest absolute Gasteiger partial charge is 0.449 e. The van der Waals surface area contributed by atoms with Gasteiger partial charge in [0.15, 0.2) is 0 Å². The summed E-state index contributed by atoms with van der Waals surface area (Å²) in [5.74, 6) is -2.71. The van der Waals surface area contributed by atoms with Gasteiger partial charge in [-0.2, -0.15) is 0 Å². The van der Waals surface area contributed by atoms with Gasteiger partial charge < -0.3 is 10.5 Å². The molecule has 2 rings (SSSR count). The molecule has 0 atom stereocenters. The van der Waals surface area contributed by atoms with Gasteiger partial charge in [0.25, 0.3) is 0 Å². The van der Waals surface area contributed by atoms with Crippen LogP contribution in [0.5, 0.6) is 0 Å². The Kier molecular flexibility index (Phi) is 3.31. The second-order valence-corrected chi connectivity index (χ2v) is 5.52. The molecule has 98 valence electrons. The zero-order valence-corrected chi connectivity index (χ0v) is 11.0. The molecule has 0 aliphatic heterocycles. The maximum Gasteiger partial charge on any atom is 0.404 e. The van der Waals surface area contributed by atoms with Crippen LogP contribution in [0.4, 0.5) is 13.6 Å². The number of primary amides is 1. The van der Waals surface area contributed by atoms with Gasteiger partial charge in [0.2, 0.25) is 5.92 Å². The van der Waals surface area contributed by atoms with Crippen molar-refractivity contribution in [2.45, 2.75) is 24.2 Å². The van der Waals surface area contributed by atoms with Crippen LogP contribution in [0.2, 0.25) is 0 Å². The molecule has 0 saturated heterocycles. The van der Waals surface area contributed by atoms with Crippen LogP contribution in [0, 0.1) is 0 Å². The van der Waals surface area contributed by atoms with E-state index in [1.54, 1.807) is 18.2 Å². The number of benzene rings is 1. The first-order valence-corrected chi connectivity index (χ1v) is 6.18. The first kappa shape index (κ1) is 13.3. The summed E-state index contributed by atoms with van der Waals surface area (Å²) in [4.78, 5) is 10.6. The number of carbonyl (C=O) groups excluding carboxylic acids is 1. The summed E-state index contributed by atoms with van der Waals surface area (Å²) in [6.07, 6.45) is -1.60. The molecule has 1 aromatic rings. The van der Waals surface area contributed by atoms with Crippen molar-refractivity contribution in [3.05, 3.63) is 34.3 Å². The number of alkyl halides is 2. The monoisotopic (exact) mass is 319 g/mol. The van der Waals surface area contributed by atoms with Gasteiger partial charge in [-0.15, -0.1) is 0 Å². The molecule has 1 aliphatic rings. The van der Waals surface area contributed by atoms with Crippen molar-refractivity contribution in [2.75, 3.05) is 6.61 Å². The predicted molar refractivity (Wildman–Crippen MR) is 65.5 cm³/mol. The zero-order valence-electron chi connectivity index (χ0n) is 9.46. The highest BCUT2D eigenvalue weighted by atomic mass is 79.9. The summed E-state index contributed by atoms with van der Waals surface area (Å²) in [5, 5.41) is 0. The van der Waals surface area contributed by atoms with E-state index in [1.807, 2.05) is 6.07 Å². The third-order valence-corrected chi connectivity index (χ3v) is 3.62. The Hall–Kier alpha value is -1.17. The van der Waals surface area contributed by atoms with Gasteiger partial charge in [-0.3, -0.25) is 0 Å². The maximum atomic E-state index is 13.2. The van der Waals surface area contributed by atoms with Gasteiger partial charge in [-0.05, 0) is 17.7 Å². The first-order chi connectivity index (χ1) is 8.33. The highest BCUT2D eigenvalue weighted by Crippen LogP contribution is 2.53. The average Bonchev–Trinajstić information content (AvgIpc) is 2.23. The van der Waals surface area contributed by atoms with Crippen molar-refractivity contribution in [3.8, 4) is 0 Å². The lowest BCUT2D eigenvalue weighted by atomic mass is 9.62. The van der Waals surface area contributed by atoms with Crippen LogP contribution in [0.15, 0.2) is 28.7 Å². The number of hydrogen-bond acceptors (Lipinski definition) is 2. The van der Waals surface area contributed by atoms with Crippen molar-refractivity contribution in [3.63, 3.8) is 0 Å². The number of ether oxygens (including phenoxy) is 1. The van der Waals surface area contributed by atoms with E-state index in [1.165, 1.54) is 0 Å². The standard InChI is InChI=1S/C12H12BrF2NO2/c13-9-3-1-2-8(4-9)11(7-18-10(16)17)5-12(14,15)6-11/h1-4H,5-7H2,(H2,16,17). The predicted octanol–water partition coefficient (Wildman–Crippen LogP) is 3.21. The van der Waals surface area contributed by atoms with Crippen LogP contribution in [0.25, 0.3) is 0 Å². The first-order valence-electron chi connectivity index (χ1n) is 5.39. The number of hydrogen-bond donors (Lipinski definition) is 1. The molecular formula is C12H12BrF2NO2. The maximum absolute atomic E-state index is 13.2. The second kappa shape index (κ2) is 4.50. The van der Waals surface area contributed by atoms with Gasteiger partial charge >= 0.3 is 6.09 Å². The van der Waals surface area contributed by atoms with Crippen molar-refractivity contribution >= 4 is 22.0 Å². The Bertz CT molecular complexity index is 471. The van der Waals surface area contributed by atoms with Crippen molar-refractivity contribution in [2.24, 2.45) is 5.73 Å². The summed E-state index contributed by atoms with van der Waals surface area (Å²) in [5.41, 5.74) is 4.79. The van der Waals surface area contributed by atoms with E-state index in [4.69, 9.17) is 10.5 Å². The summed E-state index contributed by atoms with van der Waals surface area (Å²) in [6.45, 7) is -0.117. The number of halogens is 3. The molecule has 0 spiro atoms. The number of nitrogens with two attached hydrogens (primary N) is 1. The van der Waals surface area contributed by atoms with E-state index in [9.17, 15) is 13.6 Å². The minimum absolute atomic E-state index is 0.117. The van der Waals surface area contributed by atoms with Crippen molar-refractivity contribution in [1.82, 2.24) is 0 Å². The zero-order chi connectivity index (χ0) is 13.4. The Labute approximate surface area is 111 Å². The molecule has 6 heteroatoms. The van der Waals surface area contributed by atoms with Gasteiger partial charge in [-0.25, -0.2) is 13.6 Å². The van der Waals surface area contributed by atoms with Crippen LogP contribution in [0.1, 0.15) is 18.4 Å². The highest BCUT2D eigenvalue weighted by molar-refractivity contribution is 9.10. The highest BCUT2D eigenvalue weighted by Gasteiger charge is 2.58. The molecule has 0 aromatic heterocycles. The van der Waals surface area contributed by atoms with Crippen LogP contribution >= 0.6 is 15.9 Å². The van der Waals surface area contributed by atoms with Gasteiger partial charge in [0, 0.05) is 22.7 Å². The second-order valence-electron chi connectivity index (χ2n) is 4.61. The molecule has 0 heterocycles. The number of amides is 1. The van der Waals surface area contributed by atoms with Gasteiger partial charge in [0.1, 0.15) is 6.61 Å². The fourth-order valence-corrected chi connectivity index (χ4v) is 2.75. The van der Waals surface area contributed by atoms with E-state index < -0.39 is 17.4 Å². The molecule has 2 N–H and O–H groups in total. The Balaban J connectivity index is 2.24. The van der Waals surface area contributed by atoms with Crippen LogP contribution in [-0.2, 0) is 10.2 Å². The smallest absolute Gasteiger partial charge is 0.404 e. The molecule has 1 aliphatic carbocycles. The summed E-state index contributed by atoms with van der Waals surface area (Å²) < 4.78 is 31.8. The van der Waals surface area contributed by atoms with Gasteiger partial charge in [0.05, 0.1) is 0 Å². The SMILES string of the molecule is NC(=O)OCC1(c2cccc(Br)c2)CC(F)(F)C1. The van der Waals surface area contributed by atoms with Crippen LogP contribution in [-0.4, -0.2) is 18.6 Å². The normalized spacial score (nSPS) is 19.9. The molecule has 1 fully saturated rings. The van der Waals surface area contributed by atoms with Crippen molar-refractivity contribution in [1.29, 1.82) is 0 Å². The fraction of sp³-hybridized carbons (Fsp3) is 0.417. The van der Waals surface area contributed by atoms with Crippen LogP contribution < -0.4 is 5.73 Å².